The Morgan fingerprint density at radius 2 is 1.62 bits per heavy atom. The molecule has 3 N–H and O–H groups in total. The van der Waals surface area contributed by atoms with Gasteiger partial charge < -0.3 is 20.5 Å². The minimum Gasteiger partial charge on any atom is -0.481 e. The number of hydrogen-bond acceptors (Lipinski definition) is 4. The first-order valence-corrected chi connectivity index (χ1v) is 10.4. The normalized spacial score (nSPS) is 13.6. The average Bonchev–Trinajstić information content (AvgIpc) is 3.12. The summed E-state index contributed by atoms with van der Waals surface area (Å²) in [4.78, 5) is 35.1. The number of carbonyl (C=O) groups is 3. The van der Waals surface area contributed by atoms with Gasteiger partial charge in [0.05, 0.1) is 12.0 Å². The van der Waals surface area contributed by atoms with E-state index in [2.05, 4.69) is 34.6 Å². The second-order valence-electron chi connectivity index (χ2n) is 7.88. The summed E-state index contributed by atoms with van der Waals surface area (Å²) in [6, 6.07) is 16.1. The van der Waals surface area contributed by atoms with Crippen molar-refractivity contribution in [2.45, 2.75) is 26.2 Å². The predicted molar refractivity (Wildman–Crippen MR) is 120 cm³/mol. The summed E-state index contributed by atoms with van der Waals surface area (Å²) in [5.41, 5.74) is 3.50. The number of benzene rings is 2. The second kappa shape index (κ2) is 10.0. The third kappa shape index (κ3) is 5.09. The molecule has 1 atom stereocenters. The summed E-state index contributed by atoms with van der Waals surface area (Å²) in [6.45, 7) is 3.41. The molecule has 7 nitrogen and oxygen atoms in total. The van der Waals surface area contributed by atoms with Gasteiger partial charge >= 0.3 is 12.1 Å². The van der Waals surface area contributed by atoms with E-state index in [0.717, 1.165) is 22.3 Å². The van der Waals surface area contributed by atoms with Crippen LogP contribution in [0.25, 0.3) is 11.1 Å². The summed E-state index contributed by atoms with van der Waals surface area (Å²) >= 11 is 0. The summed E-state index contributed by atoms with van der Waals surface area (Å²) in [6.07, 6.45) is -0.245. The molecule has 1 unspecified atom stereocenters. The first kappa shape index (κ1) is 22.9. The van der Waals surface area contributed by atoms with Gasteiger partial charge in [-0.1, -0.05) is 61.4 Å². The van der Waals surface area contributed by atoms with Crippen LogP contribution in [0.1, 0.15) is 37.3 Å². The minimum atomic E-state index is -1.04. The van der Waals surface area contributed by atoms with E-state index in [1.807, 2.05) is 36.4 Å². The number of nitrogens with one attached hydrogen (secondary N) is 2. The number of fused-ring (bicyclic) bond motifs is 3. The zero-order valence-corrected chi connectivity index (χ0v) is 18.1. The molecule has 0 saturated carbocycles. The maximum Gasteiger partial charge on any atom is 0.407 e. The number of aliphatic carboxylic acids is 1. The highest BCUT2D eigenvalue weighted by atomic mass is 16.5. The van der Waals surface area contributed by atoms with Crippen molar-refractivity contribution in [1.82, 2.24) is 10.6 Å². The van der Waals surface area contributed by atoms with Crippen molar-refractivity contribution < 1.29 is 24.2 Å². The Morgan fingerprint density at radius 1 is 1.03 bits per heavy atom. The van der Waals surface area contributed by atoms with Crippen LogP contribution in [-0.2, 0) is 14.3 Å². The number of amides is 2. The number of alkyl carbamates (subject to hydrolysis) is 1. The van der Waals surface area contributed by atoms with Gasteiger partial charge in [0.2, 0.25) is 0 Å². The Hall–Kier alpha value is -3.79. The van der Waals surface area contributed by atoms with E-state index in [9.17, 15) is 19.5 Å². The van der Waals surface area contributed by atoms with Crippen LogP contribution in [0.5, 0.6) is 0 Å². The first-order valence-electron chi connectivity index (χ1n) is 10.4. The second-order valence-corrected chi connectivity index (χ2v) is 7.88. The van der Waals surface area contributed by atoms with Gasteiger partial charge in [0.15, 0.2) is 0 Å². The SMILES string of the molecule is CCC(C)(CNC(=O)C#CCNC(=O)OCC1c2ccccc2-c2ccccc21)C(=O)O. The molecule has 2 amide bonds. The van der Waals surface area contributed by atoms with Crippen LogP contribution in [0.15, 0.2) is 48.5 Å². The van der Waals surface area contributed by atoms with Gasteiger partial charge in [-0.2, -0.15) is 0 Å². The fourth-order valence-electron chi connectivity index (χ4n) is 3.56. The molecule has 0 aromatic heterocycles. The summed E-state index contributed by atoms with van der Waals surface area (Å²) in [5, 5.41) is 14.2. The van der Waals surface area contributed by atoms with Gasteiger partial charge in [-0.15, -0.1) is 0 Å². The number of carbonyl (C=O) groups excluding carboxylic acids is 2. The van der Waals surface area contributed by atoms with Crippen molar-refractivity contribution in [1.29, 1.82) is 0 Å². The summed E-state index contributed by atoms with van der Waals surface area (Å²) in [5.74, 6) is 3.26. The molecular formula is C25H26N2O5. The standard InChI is InChI=1S/C25H26N2O5/c1-3-25(2,23(29)30)16-27-22(28)13-8-14-26-24(31)32-15-21-19-11-6-4-9-17(19)18-10-5-7-12-20(18)21/h4-7,9-12,21H,3,14-16H2,1-2H3,(H,26,31)(H,27,28)(H,29,30). The number of ether oxygens (including phenoxy) is 1. The lowest BCUT2D eigenvalue weighted by atomic mass is 9.88. The van der Waals surface area contributed by atoms with Crippen LogP contribution in [0.3, 0.4) is 0 Å². The fourth-order valence-corrected chi connectivity index (χ4v) is 3.56. The van der Waals surface area contributed by atoms with Crippen LogP contribution >= 0.6 is 0 Å². The lowest BCUT2D eigenvalue weighted by Gasteiger charge is -2.22. The van der Waals surface area contributed by atoms with Crippen molar-refractivity contribution in [3.8, 4) is 23.0 Å². The summed E-state index contributed by atoms with van der Waals surface area (Å²) < 4.78 is 5.40. The van der Waals surface area contributed by atoms with E-state index in [-0.39, 0.29) is 25.6 Å². The van der Waals surface area contributed by atoms with Crippen LogP contribution in [0.4, 0.5) is 4.79 Å². The van der Waals surface area contributed by atoms with E-state index in [1.165, 1.54) is 0 Å². The molecule has 7 heteroatoms. The Morgan fingerprint density at radius 3 is 2.19 bits per heavy atom. The van der Waals surface area contributed by atoms with Crippen molar-refractivity contribution in [2.75, 3.05) is 19.7 Å². The molecule has 0 spiro atoms. The number of carboxylic acid groups (broad SMARTS) is 1. The molecule has 0 radical (unpaired) electrons. The Kier molecular flexibility index (Phi) is 7.16. The predicted octanol–water partition coefficient (Wildman–Crippen LogP) is 3.15. The highest BCUT2D eigenvalue weighted by molar-refractivity contribution is 5.94. The molecule has 2 aromatic rings. The molecule has 32 heavy (non-hydrogen) atoms. The topological polar surface area (TPSA) is 105 Å². The maximum absolute atomic E-state index is 12.1. The first-order chi connectivity index (χ1) is 15.4. The summed E-state index contributed by atoms with van der Waals surface area (Å²) in [7, 11) is 0. The zero-order valence-electron chi connectivity index (χ0n) is 18.1. The third-order valence-electron chi connectivity index (χ3n) is 5.80. The van der Waals surface area contributed by atoms with Gasteiger partial charge in [0.1, 0.15) is 6.61 Å². The average molecular weight is 434 g/mol. The van der Waals surface area contributed by atoms with E-state index >= 15 is 0 Å². The van der Waals surface area contributed by atoms with Crippen molar-refractivity contribution in [3.05, 3.63) is 59.7 Å². The molecule has 2 aromatic carbocycles. The van der Waals surface area contributed by atoms with Gasteiger partial charge in [-0.05, 0) is 41.5 Å². The zero-order chi connectivity index (χ0) is 23.1. The fraction of sp³-hybridized carbons (Fsp3) is 0.320. The highest BCUT2D eigenvalue weighted by Crippen LogP contribution is 2.44. The molecule has 3 rings (SSSR count). The molecule has 1 aliphatic rings. The maximum atomic E-state index is 12.1. The van der Waals surface area contributed by atoms with Crippen molar-refractivity contribution in [3.63, 3.8) is 0 Å². The van der Waals surface area contributed by atoms with E-state index in [1.54, 1.807) is 13.8 Å². The van der Waals surface area contributed by atoms with Gasteiger partial charge in [0.25, 0.3) is 5.91 Å². The highest BCUT2D eigenvalue weighted by Gasteiger charge is 2.31. The van der Waals surface area contributed by atoms with Crippen LogP contribution in [0.2, 0.25) is 0 Å². The molecule has 166 valence electrons. The molecule has 0 heterocycles. The Balaban J connectivity index is 1.47. The Bertz CT molecular complexity index is 1040. The third-order valence-corrected chi connectivity index (χ3v) is 5.80. The molecule has 0 fully saturated rings. The number of carboxylic acids is 1. The monoisotopic (exact) mass is 434 g/mol. The Labute approximate surface area is 187 Å². The van der Waals surface area contributed by atoms with Crippen LogP contribution < -0.4 is 10.6 Å². The number of hydrogen-bond donors (Lipinski definition) is 3. The lowest BCUT2D eigenvalue weighted by molar-refractivity contribution is -0.148. The molecule has 0 aliphatic heterocycles. The van der Waals surface area contributed by atoms with Gasteiger partial charge in [-0.25, -0.2) is 4.79 Å². The quantitative estimate of drug-likeness (QED) is 0.581. The van der Waals surface area contributed by atoms with E-state index < -0.39 is 23.4 Å². The van der Waals surface area contributed by atoms with Gasteiger partial charge in [-0.3, -0.25) is 9.59 Å². The smallest absolute Gasteiger partial charge is 0.407 e. The largest absolute Gasteiger partial charge is 0.481 e. The van der Waals surface area contributed by atoms with E-state index in [0.29, 0.717) is 6.42 Å². The minimum absolute atomic E-state index is 0.0217. The van der Waals surface area contributed by atoms with Crippen LogP contribution in [0, 0.1) is 17.3 Å². The molecule has 0 saturated heterocycles. The lowest BCUT2D eigenvalue weighted by Crippen LogP contribution is -2.40. The molecule has 1 aliphatic carbocycles. The van der Waals surface area contributed by atoms with E-state index in [4.69, 9.17) is 4.74 Å². The van der Waals surface area contributed by atoms with Crippen molar-refractivity contribution in [2.24, 2.45) is 5.41 Å². The van der Waals surface area contributed by atoms with Crippen molar-refractivity contribution >= 4 is 18.0 Å². The molecule has 0 bridgehead atoms. The molecular weight excluding hydrogens is 408 g/mol. The number of rotatable bonds is 7. The van der Waals surface area contributed by atoms with Crippen LogP contribution in [-0.4, -0.2) is 42.8 Å². The van der Waals surface area contributed by atoms with Gasteiger partial charge in [0, 0.05) is 12.5 Å².